The number of hydrogen-bond acceptors (Lipinski definition) is 3. The average molecular weight is 360 g/mol. The standard InChI is InChI=1S/C10H9BrCl2O3S/c1-2-17(15,16)10(11)9(14)7-4-3-6(12)5-8(7)13/h3-5,10H,2H2,1H3. The van der Waals surface area contributed by atoms with Crippen LogP contribution in [0.25, 0.3) is 0 Å². The number of carbonyl (C=O) groups excluding carboxylic acids is 1. The van der Waals surface area contributed by atoms with Crippen molar-refractivity contribution >= 4 is 54.8 Å². The van der Waals surface area contributed by atoms with Crippen LogP contribution in [0.5, 0.6) is 0 Å². The Morgan fingerprint density at radius 1 is 1.41 bits per heavy atom. The van der Waals surface area contributed by atoms with Crippen LogP contribution in [0.2, 0.25) is 10.0 Å². The van der Waals surface area contributed by atoms with Crippen LogP contribution in [0.15, 0.2) is 18.2 Å². The lowest BCUT2D eigenvalue weighted by Gasteiger charge is -2.10. The van der Waals surface area contributed by atoms with Crippen LogP contribution in [0, 0.1) is 0 Å². The van der Waals surface area contributed by atoms with Gasteiger partial charge in [0.1, 0.15) is 0 Å². The first-order valence-corrected chi connectivity index (χ1v) is 8.03. The largest absolute Gasteiger partial charge is 0.292 e. The molecule has 0 aliphatic heterocycles. The van der Waals surface area contributed by atoms with E-state index in [1.54, 1.807) is 0 Å². The van der Waals surface area contributed by atoms with Crippen molar-refractivity contribution in [3.05, 3.63) is 33.8 Å². The Kier molecular flexibility index (Phi) is 5.01. The van der Waals surface area contributed by atoms with Gasteiger partial charge in [-0.2, -0.15) is 0 Å². The lowest BCUT2D eigenvalue weighted by molar-refractivity contribution is 0.101. The normalized spacial score (nSPS) is 13.4. The minimum absolute atomic E-state index is 0.125. The lowest BCUT2D eigenvalue weighted by atomic mass is 10.1. The maximum absolute atomic E-state index is 11.9. The van der Waals surface area contributed by atoms with Crippen LogP contribution in [0.3, 0.4) is 0 Å². The number of hydrogen-bond donors (Lipinski definition) is 0. The van der Waals surface area contributed by atoms with Crippen LogP contribution >= 0.6 is 39.1 Å². The summed E-state index contributed by atoms with van der Waals surface area (Å²) < 4.78 is 21.8. The van der Waals surface area contributed by atoms with Crippen LogP contribution in [0.4, 0.5) is 0 Å². The number of benzene rings is 1. The molecule has 0 saturated heterocycles. The minimum Gasteiger partial charge on any atom is -0.292 e. The van der Waals surface area contributed by atoms with Gasteiger partial charge >= 0.3 is 0 Å². The quantitative estimate of drug-likeness (QED) is 0.612. The summed E-state index contributed by atoms with van der Waals surface area (Å²) in [6.45, 7) is 1.47. The molecule has 0 heterocycles. The van der Waals surface area contributed by atoms with E-state index in [0.29, 0.717) is 5.02 Å². The SMILES string of the molecule is CCS(=O)(=O)C(Br)C(=O)c1ccc(Cl)cc1Cl. The maximum atomic E-state index is 11.9. The summed E-state index contributed by atoms with van der Waals surface area (Å²) in [5.74, 6) is -0.714. The highest BCUT2D eigenvalue weighted by Crippen LogP contribution is 2.25. The third-order valence-corrected chi connectivity index (χ3v) is 6.44. The highest BCUT2D eigenvalue weighted by molar-refractivity contribution is 9.11. The minimum atomic E-state index is -3.50. The number of carbonyl (C=O) groups is 1. The second-order valence-electron chi connectivity index (χ2n) is 3.26. The zero-order valence-electron chi connectivity index (χ0n) is 8.78. The average Bonchev–Trinajstić information content (AvgIpc) is 2.27. The summed E-state index contributed by atoms with van der Waals surface area (Å²) in [7, 11) is -3.50. The highest BCUT2D eigenvalue weighted by Gasteiger charge is 2.30. The first-order valence-electron chi connectivity index (χ1n) is 4.64. The van der Waals surface area contributed by atoms with Crippen molar-refractivity contribution in [1.29, 1.82) is 0 Å². The van der Waals surface area contributed by atoms with E-state index in [0.717, 1.165) is 0 Å². The summed E-state index contributed by atoms with van der Waals surface area (Å²) in [6, 6.07) is 4.29. The molecule has 1 aromatic rings. The Morgan fingerprint density at radius 3 is 2.47 bits per heavy atom. The number of Topliss-reactive ketones (excluding diaryl/α,β-unsaturated/α-hetero) is 1. The molecule has 0 spiro atoms. The molecule has 0 fully saturated rings. The first-order chi connectivity index (χ1) is 7.79. The van der Waals surface area contributed by atoms with E-state index in [1.807, 2.05) is 0 Å². The van der Waals surface area contributed by atoms with Crippen molar-refractivity contribution < 1.29 is 13.2 Å². The molecule has 7 heteroatoms. The zero-order valence-corrected chi connectivity index (χ0v) is 12.7. The van der Waals surface area contributed by atoms with Crippen LogP contribution < -0.4 is 0 Å². The zero-order chi connectivity index (χ0) is 13.2. The van der Waals surface area contributed by atoms with Gasteiger partial charge in [-0.3, -0.25) is 4.79 Å². The second kappa shape index (κ2) is 5.69. The van der Waals surface area contributed by atoms with E-state index in [9.17, 15) is 13.2 Å². The molecular formula is C10H9BrCl2O3S. The van der Waals surface area contributed by atoms with Crippen molar-refractivity contribution in [1.82, 2.24) is 0 Å². The second-order valence-corrected chi connectivity index (χ2v) is 8.00. The Labute approximate surface area is 118 Å². The molecule has 0 radical (unpaired) electrons. The molecule has 0 aliphatic carbocycles. The summed E-state index contributed by atoms with van der Waals surface area (Å²) >= 11 is 14.4. The molecule has 1 aromatic carbocycles. The summed E-state index contributed by atoms with van der Waals surface area (Å²) in [5.41, 5.74) is 0.134. The van der Waals surface area contributed by atoms with Gasteiger partial charge in [0.25, 0.3) is 0 Å². The van der Waals surface area contributed by atoms with E-state index in [1.165, 1.54) is 25.1 Å². The van der Waals surface area contributed by atoms with Crippen molar-refractivity contribution in [2.45, 2.75) is 11.1 Å². The van der Waals surface area contributed by atoms with Crippen LogP contribution in [0.1, 0.15) is 17.3 Å². The Hall–Kier alpha value is -0.100. The summed E-state index contributed by atoms with van der Waals surface area (Å²) in [4.78, 5) is 11.9. The lowest BCUT2D eigenvalue weighted by Crippen LogP contribution is -2.26. The van der Waals surface area contributed by atoms with E-state index < -0.39 is 19.8 Å². The topological polar surface area (TPSA) is 51.2 Å². The van der Waals surface area contributed by atoms with Crippen LogP contribution in [-0.2, 0) is 9.84 Å². The predicted molar refractivity (Wildman–Crippen MR) is 73.0 cm³/mol. The first kappa shape index (κ1) is 15.0. The van der Waals surface area contributed by atoms with E-state index >= 15 is 0 Å². The molecule has 0 amide bonds. The van der Waals surface area contributed by atoms with E-state index in [4.69, 9.17) is 23.2 Å². The third-order valence-electron chi connectivity index (χ3n) is 2.12. The smallest absolute Gasteiger partial charge is 0.193 e. The maximum Gasteiger partial charge on any atom is 0.193 e. The van der Waals surface area contributed by atoms with Gasteiger partial charge < -0.3 is 0 Å². The van der Waals surface area contributed by atoms with Gasteiger partial charge in [-0.25, -0.2) is 8.42 Å². The molecule has 0 aliphatic rings. The van der Waals surface area contributed by atoms with Gasteiger partial charge in [0.2, 0.25) is 0 Å². The van der Waals surface area contributed by atoms with Gasteiger partial charge in [0.15, 0.2) is 19.8 Å². The van der Waals surface area contributed by atoms with Gasteiger partial charge in [0.05, 0.1) is 5.02 Å². The van der Waals surface area contributed by atoms with Crippen molar-refractivity contribution in [3.8, 4) is 0 Å². The predicted octanol–water partition coefficient (Wildman–Crippen LogP) is 3.33. The van der Waals surface area contributed by atoms with Crippen LogP contribution in [-0.4, -0.2) is 24.1 Å². The molecule has 3 nitrogen and oxygen atoms in total. The molecule has 1 atom stereocenters. The molecule has 94 valence electrons. The van der Waals surface area contributed by atoms with Crippen molar-refractivity contribution in [2.24, 2.45) is 0 Å². The molecule has 17 heavy (non-hydrogen) atoms. The third kappa shape index (κ3) is 3.44. The number of ketones is 1. The molecule has 0 bridgehead atoms. The van der Waals surface area contributed by atoms with Gasteiger partial charge in [-0.1, -0.05) is 46.1 Å². The monoisotopic (exact) mass is 358 g/mol. The van der Waals surface area contributed by atoms with Gasteiger partial charge in [0, 0.05) is 16.3 Å². The Bertz CT molecular complexity index is 542. The molecule has 0 N–H and O–H groups in total. The van der Waals surface area contributed by atoms with E-state index in [2.05, 4.69) is 15.9 Å². The highest BCUT2D eigenvalue weighted by atomic mass is 79.9. The number of halogens is 3. The molecule has 1 rings (SSSR count). The fourth-order valence-corrected chi connectivity index (χ4v) is 3.41. The number of alkyl halides is 1. The van der Waals surface area contributed by atoms with E-state index in [-0.39, 0.29) is 16.3 Å². The molecule has 0 aromatic heterocycles. The summed E-state index contributed by atoms with van der Waals surface area (Å²) in [5, 5.41) is 0.522. The number of rotatable bonds is 4. The van der Waals surface area contributed by atoms with Crippen molar-refractivity contribution in [3.63, 3.8) is 0 Å². The number of sulfone groups is 1. The Balaban J connectivity index is 3.14. The fraction of sp³-hybridized carbons (Fsp3) is 0.300. The Morgan fingerprint density at radius 2 is 2.00 bits per heavy atom. The van der Waals surface area contributed by atoms with Gasteiger partial charge in [-0.05, 0) is 18.2 Å². The molecule has 0 saturated carbocycles. The van der Waals surface area contributed by atoms with Gasteiger partial charge in [-0.15, -0.1) is 0 Å². The fourth-order valence-electron chi connectivity index (χ4n) is 1.12. The summed E-state index contributed by atoms with van der Waals surface area (Å²) in [6.07, 6.45) is 0. The van der Waals surface area contributed by atoms with Crippen molar-refractivity contribution in [2.75, 3.05) is 5.75 Å². The molecular weight excluding hydrogens is 351 g/mol. The molecule has 1 unspecified atom stereocenters.